The van der Waals surface area contributed by atoms with Crippen molar-refractivity contribution in [2.75, 3.05) is 18.5 Å². The van der Waals surface area contributed by atoms with Crippen molar-refractivity contribution >= 4 is 29.0 Å². The van der Waals surface area contributed by atoms with E-state index in [1.54, 1.807) is 6.07 Å². The Morgan fingerprint density at radius 3 is 2.30 bits per heavy atom. The van der Waals surface area contributed by atoms with Gasteiger partial charge in [-0.1, -0.05) is 12.1 Å². The molecule has 0 saturated heterocycles. The van der Waals surface area contributed by atoms with E-state index in [1.165, 1.54) is 59.3 Å². The third-order valence-corrected chi connectivity index (χ3v) is 5.15. The second kappa shape index (κ2) is 6.95. The number of nitro benzene ring substituents is 2. The zero-order valence-electron chi connectivity index (χ0n) is 15.6. The summed E-state index contributed by atoms with van der Waals surface area (Å²) in [4.78, 5) is 49.3. The summed E-state index contributed by atoms with van der Waals surface area (Å²) in [5.74, 6) is -0.387. The van der Waals surface area contributed by atoms with Gasteiger partial charge in [0.25, 0.3) is 17.3 Å². The Balaban J connectivity index is 1.73. The van der Waals surface area contributed by atoms with Gasteiger partial charge in [-0.05, 0) is 17.7 Å². The monoisotopic (exact) mass is 409 g/mol. The van der Waals surface area contributed by atoms with Crippen molar-refractivity contribution in [1.29, 1.82) is 0 Å². The Bertz CT molecular complexity index is 1130. The highest BCUT2D eigenvalue weighted by molar-refractivity contribution is 6.11. The van der Waals surface area contributed by atoms with Crippen LogP contribution in [0.3, 0.4) is 0 Å². The Hall–Kier alpha value is -4.28. The van der Waals surface area contributed by atoms with Crippen molar-refractivity contribution < 1.29 is 19.4 Å². The number of carbonyl (C=O) groups excluding carboxylic acids is 2. The molecule has 11 heteroatoms. The minimum Gasteiger partial charge on any atom is -0.327 e. The molecule has 2 aliphatic heterocycles. The van der Waals surface area contributed by atoms with Crippen molar-refractivity contribution in [1.82, 2.24) is 10.2 Å². The van der Waals surface area contributed by atoms with Crippen molar-refractivity contribution in [3.05, 3.63) is 85.6 Å². The van der Waals surface area contributed by atoms with Crippen LogP contribution in [0.1, 0.15) is 11.6 Å². The second-order valence-electron chi connectivity index (χ2n) is 6.82. The lowest BCUT2D eigenvalue weighted by Gasteiger charge is -2.30. The van der Waals surface area contributed by atoms with E-state index in [0.29, 0.717) is 22.5 Å². The third kappa shape index (κ3) is 3.02. The normalized spacial score (nSPS) is 18.4. The van der Waals surface area contributed by atoms with Crippen LogP contribution in [0.15, 0.2) is 59.8 Å². The van der Waals surface area contributed by atoms with Gasteiger partial charge >= 0.3 is 6.03 Å². The number of nitro groups is 2. The molecule has 1 N–H and O–H groups in total. The summed E-state index contributed by atoms with van der Waals surface area (Å²) >= 11 is 0. The number of rotatable bonds is 4. The third-order valence-electron chi connectivity index (χ3n) is 5.15. The van der Waals surface area contributed by atoms with Gasteiger partial charge in [-0.2, -0.15) is 0 Å². The molecule has 3 amide bonds. The van der Waals surface area contributed by atoms with Crippen molar-refractivity contribution in [3.63, 3.8) is 0 Å². The molecule has 0 spiro atoms. The lowest BCUT2D eigenvalue weighted by atomic mass is 9.95. The van der Waals surface area contributed by atoms with Gasteiger partial charge in [-0.25, -0.2) is 4.79 Å². The van der Waals surface area contributed by atoms with E-state index in [2.05, 4.69) is 5.32 Å². The van der Waals surface area contributed by atoms with E-state index in [1.807, 2.05) is 0 Å². The van der Waals surface area contributed by atoms with Gasteiger partial charge in [0.1, 0.15) is 0 Å². The Labute approximate surface area is 169 Å². The average molecular weight is 409 g/mol. The molecule has 0 unspecified atom stereocenters. The van der Waals surface area contributed by atoms with Gasteiger partial charge in [0.2, 0.25) is 0 Å². The Kier molecular flexibility index (Phi) is 4.42. The Morgan fingerprint density at radius 2 is 1.67 bits per heavy atom. The number of benzene rings is 2. The largest absolute Gasteiger partial charge is 0.327 e. The van der Waals surface area contributed by atoms with Crippen LogP contribution in [0.5, 0.6) is 0 Å². The number of hydrogen-bond donors (Lipinski definition) is 1. The molecule has 2 aromatic rings. The van der Waals surface area contributed by atoms with E-state index in [4.69, 9.17) is 0 Å². The molecule has 11 nitrogen and oxygen atoms in total. The summed E-state index contributed by atoms with van der Waals surface area (Å²) < 4.78 is 0. The molecule has 0 radical (unpaired) electrons. The van der Waals surface area contributed by atoms with Gasteiger partial charge in [0.05, 0.1) is 33.7 Å². The van der Waals surface area contributed by atoms with Crippen molar-refractivity contribution in [3.8, 4) is 0 Å². The molecular weight excluding hydrogens is 394 g/mol. The number of likely N-dealkylation sites (N-methyl/N-ethyl adjacent to an activating group) is 1. The number of hydrogen-bond acceptors (Lipinski definition) is 6. The van der Waals surface area contributed by atoms with E-state index < -0.39 is 21.9 Å². The van der Waals surface area contributed by atoms with Gasteiger partial charge in [-0.15, -0.1) is 0 Å². The van der Waals surface area contributed by atoms with Crippen LogP contribution in [0.4, 0.5) is 21.9 Å². The fraction of sp³-hybridized carbons (Fsp3) is 0.158. The summed E-state index contributed by atoms with van der Waals surface area (Å²) in [6.07, 6.45) is 0. The summed E-state index contributed by atoms with van der Waals surface area (Å²) in [5, 5.41) is 24.7. The van der Waals surface area contributed by atoms with Crippen LogP contribution in [0.2, 0.25) is 0 Å². The van der Waals surface area contributed by atoms with Gasteiger partial charge in [-0.3, -0.25) is 29.9 Å². The number of nitrogens with one attached hydrogen (secondary N) is 1. The first kappa shape index (κ1) is 19.1. The number of urea groups is 1. The molecule has 2 aliphatic rings. The highest BCUT2D eigenvalue weighted by Crippen LogP contribution is 2.38. The molecule has 2 heterocycles. The molecule has 0 bridgehead atoms. The molecule has 0 fully saturated rings. The predicted molar refractivity (Wildman–Crippen MR) is 105 cm³/mol. The van der Waals surface area contributed by atoms with E-state index in [9.17, 15) is 29.8 Å². The Morgan fingerprint density at radius 1 is 1.00 bits per heavy atom. The van der Waals surface area contributed by atoms with Crippen LogP contribution >= 0.6 is 0 Å². The van der Waals surface area contributed by atoms with Gasteiger partial charge < -0.3 is 10.2 Å². The summed E-state index contributed by atoms with van der Waals surface area (Å²) in [5.41, 5.74) is 1.37. The first-order chi connectivity index (χ1) is 14.3. The standard InChI is InChI=1S/C19H15N5O6/c1-21-15-10-22(12-5-7-13(8-6-12)23(27)28)18(25)16(15)17(20-19(21)26)11-3-2-4-14(9-11)24(29)30/h2-9,17H,10H2,1H3,(H,20,26)/t17-/m0/s1. The van der Waals surface area contributed by atoms with Crippen LogP contribution in [0, 0.1) is 20.2 Å². The average Bonchev–Trinajstić information content (AvgIpc) is 3.08. The zero-order valence-corrected chi connectivity index (χ0v) is 15.6. The topological polar surface area (TPSA) is 139 Å². The maximum atomic E-state index is 13.2. The lowest BCUT2D eigenvalue weighted by molar-refractivity contribution is -0.385. The number of non-ortho nitro benzene ring substituents is 2. The fourth-order valence-corrected chi connectivity index (χ4v) is 3.60. The second-order valence-corrected chi connectivity index (χ2v) is 6.82. The molecule has 4 rings (SSSR count). The van der Waals surface area contributed by atoms with Crippen molar-refractivity contribution in [2.45, 2.75) is 6.04 Å². The molecule has 0 aliphatic carbocycles. The molecule has 152 valence electrons. The highest BCUT2D eigenvalue weighted by Gasteiger charge is 2.43. The first-order valence-electron chi connectivity index (χ1n) is 8.86. The number of carbonyl (C=O) groups is 2. The van der Waals surface area contributed by atoms with E-state index in [-0.39, 0.29) is 23.8 Å². The molecule has 0 aromatic heterocycles. The molecule has 2 aromatic carbocycles. The van der Waals surface area contributed by atoms with E-state index >= 15 is 0 Å². The van der Waals surface area contributed by atoms with E-state index in [0.717, 1.165) is 0 Å². The minimum atomic E-state index is -0.848. The SMILES string of the molecule is CN1C(=O)N[C@@H](c2cccc([N+](=O)[O-])c2)C2=C1CN(c1ccc([N+](=O)[O-])cc1)C2=O. The zero-order chi connectivity index (χ0) is 21.6. The number of nitrogens with zero attached hydrogens (tertiary/aromatic N) is 4. The quantitative estimate of drug-likeness (QED) is 0.608. The minimum absolute atomic E-state index is 0.0985. The summed E-state index contributed by atoms with van der Waals surface area (Å²) in [6, 6.07) is 9.98. The molecule has 0 saturated carbocycles. The summed E-state index contributed by atoms with van der Waals surface area (Å²) in [6.45, 7) is 0.0985. The summed E-state index contributed by atoms with van der Waals surface area (Å²) in [7, 11) is 1.53. The van der Waals surface area contributed by atoms with Gasteiger partial charge in [0, 0.05) is 37.0 Å². The molecule has 1 atom stereocenters. The number of anilines is 1. The van der Waals surface area contributed by atoms with Crippen molar-refractivity contribution in [2.24, 2.45) is 0 Å². The number of amides is 3. The van der Waals surface area contributed by atoms with Gasteiger partial charge in [0.15, 0.2) is 0 Å². The predicted octanol–water partition coefficient (Wildman–Crippen LogP) is 2.50. The molecule has 30 heavy (non-hydrogen) atoms. The van der Waals surface area contributed by atoms with Crippen LogP contribution < -0.4 is 10.2 Å². The fourth-order valence-electron chi connectivity index (χ4n) is 3.60. The van der Waals surface area contributed by atoms with Crippen LogP contribution in [-0.4, -0.2) is 40.3 Å². The maximum absolute atomic E-state index is 13.2. The van der Waals surface area contributed by atoms with Crippen LogP contribution in [0.25, 0.3) is 0 Å². The first-order valence-corrected chi connectivity index (χ1v) is 8.86. The highest BCUT2D eigenvalue weighted by atomic mass is 16.6. The molecular formula is C19H15N5O6. The lowest BCUT2D eigenvalue weighted by Crippen LogP contribution is -2.45. The van der Waals surface area contributed by atoms with Crippen LogP contribution in [-0.2, 0) is 4.79 Å². The maximum Gasteiger partial charge on any atom is 0.322 e. The smallest absolute Gasteiger partial charge is 0.322 e.